The van der Waals surface area contributed by atoms with E-state index >= 15 is 0 Å². The lowest BCUT2D eigenvalue weighted by atomic mass is 10.1. The second-order valence-corrected chi connectivity index (χ2v) is 9.65. The van der Waals surface area contributed by atoms with Crippen LogP contribution >= 0.6 is 63.0 Å². The Balaban J connectivity index is 1.69. The summed E-state index contributed by atoms with van der Waals surface area (Å²) in [6.45, 7) is 0.267. The van der Waals surface area contributed by atoms with E-state index in [4.69, 9.17) is 51.8 Å². The summed E-state index contributed by atoms with van der Waals surface area (Å²) in [5.41, 5.74) is 1.55. The van der Waals surface area contributed by atoms with Crippen molar-refractivity contribution in [3.8, 4) is 5.75 Å². The molecule has 0 saturated carbocycles. The Hall–Kier alpha value is -2.42. The zero-order chi connectivity index (χ0) is 24.4. The summed E-state index contributed by atoms with van der Waals surface area (Å²) < 4.78 is 6.71. The summed E-state index contributed by atoms with van der Waals surface area (Å²) in [5, 5.41) is 3.46. The van der Waals surface area contributed by atoms with E-state index in [1.165, 1.54) is 6.08 Å². The number of nitrogens with one attached hydrogen (secondary N) is 1. The number of thiocarbonyl (C=S) groups is 1. The van der Waals surface area contributed by atoms with E-state index in [0.717, 1.165) is 14.9 Å². The van der Waals surface area contributed by atoms with Crippen molar-refractivity contribution in [2.45, 2.75) is 6.61 Å². The highest BCUT2D eigenvalue weighted by Gasteiger charge is 2.36. The van der Waals surface area contributed by atoms with Crippen LogP contribution in [0.5, 0.6) is 5.75 Å². The predicted molar refractivity (Wildman–Crippen MR) is 143 cm³/mol. The number of hydrogen-bond acceptors (Lipinski definition) is 4. The summed E-state index contributed by atoms with van der Waals surface area (Å²) in [4.78, 5) is 27.2. The van der Waals surface area contributed by atoms with Crippen molar-refractivity contribution in [2.24, 2.45) is 0 Å². The molecule has 0 unspecified atom stereocenters. The zero-order valence-corrected chi connectivity index (χ0v) is 21.8. The standard InChI is InChI=1S/C24H14BrCl3N2O3S/c25-15-6-9-20(33-12-13-4-7-16(26)8-5-13)14(10-15)11-17-22(31)29-24(34)30(23(17)32)19-3-1-2-18(27)21(19)28/h1-11H,12H2,(H,29,31,34)/b17-11+. The molecule has 1 heterocycles. The van der Waals surface area contributed by atoms with Crippen molar-refractivity contribution in [1.29, 1.82) is 0 Å². The number of ether oxygens (including phenoxy) is 1. The van der Waals surface area contributed by atoms with Gasteiger partial charge in [-0.15, -0.1) is 0 Å². The number of anilines is 1. The molecule has 0 aromatic heterocycles. The second-order valence-electron chi connectivity index (χ2n) is 7.13. The molecule has 1 fully saturated rings. The highest BCUT2D eigenvalue weighted by molar-refractivity contribution is 9.10. The molecule has 3 aromatic rings. The highest BCUT2D eigenvalue weighted by atomic mass is 79.9. The van der Waals surface area contributed by atoms with Gasteiger partial charge in [0.15, 0.2) is 5.11 Å². The Morgan fingerprint density at radius 3 is 2.50 bits per heavy atom. The second kappa shape index (κ2) is 10.5. The molecular weight excluding hydrogens is 583 g/mol. The van der Waals surface area contributed by atoms with Crippen LogP contribution in [0.15, 0.2) is 70.7 Å². The number of rotatable bonds is 5. The molecule has 0 aliphatic carbocycles. The summed E-state index contributed by atoms with van der Waals surface area (Å²) in [5.74, 6) is -0.790. The molecule has 0 spiro atoms. The van der Waals surface area contributed by atoms with Crippen molar-refractivity contribution in [3.05, 3.63) is 96.9 Å². The maximum Gasteiger partial charge on any atom is 0.270 e. The molecule has 34 heavy (non-hydrogen) atoms. The lowest BCUT2D eigenvalue weighted by Crippen LogP contribution is -2.54. The third-order valence-electron chi connectivity index (χ3n) is 4.85. The Morgan fingerprint density at radius 1 is 1.03 bits per heavy atom. The first-order valence-corrected chi connectivity index (χ1v) is 12.1. The third-order valence-corrected chi connectivity index (χ3v) is 6.69. The number of amides is 2. The molecule has 172 valence electrons. The number of nitrogens with zero attached hydrogens (tertiary/aromatic N) is 1. The first-order valence-electron chi connectivity index (χ1n) is 9.77. The fraction of sp³-hybridized carbons (Fsp3) is 0.0417. The maximum absolute atomic E-state index is 13.4. The minimum Gasteiger partial charge on any atom is -0.488 e. The fourth-order valence-electron chi connectivity index (χ4n) is 3.20. The van der Waals surface area contributed by atoms with Gasteiger partial charge in [-0.2, -0.15) is 0 Å². The van der Waals surface area contributed by atoms with Crippen molar-refractivity contribution in [2.75, 3.05) is 4.90 Å². The van der Waals surface area contributed by atoms with Crippen molar-refractivity contribution in [1.82, 2.24) is 5.32 Å². The zero-order valence-electron chi connectivity index (χ0n) is 17.2. The van der Waals surface area contributed by atoms with Gasteiger partial charge < -0.3 is 4.74 Å². The van der Waals surface area contributed by atoms with Gasteiger partial charge in [0.2, 0.25) is 0 Å². The van der Waals surface area contributed by atoms with Gasteiger partial charge in [0.1, 0.15) is 17.9 Å². The fourth-order valence-corrected chi connectivity index (χ4v) is 4.36. The Bertz CT molecular complexity index is 1350. The smallest absolute Gasteiger partial charge is 0.270 e. The van der Waals surface area contributed by atoms with Crippen LogP contribution in [0.2, 0.25) is 15.1 Å². The lowest BCUT2D eigenvalue weighted by Gasteiger charge is -2.29. The molecule has 2 amide bonds. The van der Waals surface area contributed by atoms with E-state index in [0.29, 0.717) is 16.3 Å². The van der Waals surface area contributed by atoms with E-state index in [1.807, 2.05) is 12.1 Å². The van der Waals surface area contributed by atoms with Crippen LogP contribution in [-0.4, -0.2) is 16.9 Å². The van der Waals surface area contributed by atoms with Gasteiger partial charge in [0, 0.05) is 15.1 Å². The van der Waals surface area contributed by atoms with Gasteiger partial charge in [-0.1, -0.05) is 68.9 Å². The first-order chi connectivity index (χ1) is 16.2. The molecule has 1 saturated heterocycles. The number of carbonyl (C=O) groups excluding carboxylic acids is 2. The highest BCUT2D eigenvalue weighted by Crippen LogP contribution is 2.35. The number of benzene rings is 3. The summed E-state index contributed by atoms with van der Waals surface area (Å²) >= 11 is 27.0. The molecule has 1 N–H and O–H groups in total. The minimum absolute atomic E-state index is 0.0928. The average Bonchev–Trinajstić information content (AvgIpc) is 2.80. The summed E-state index contributed by atoms with van der Waals surface area (Å²) in [6.07, 6.45) is 1.45. The summed E-state index contributed by atoms with van der Waals surface area (Å²) in [6, 6.07) is 17.4. The van der Waals surface area contributed by atoms with Crippen LogP contribution in [0.4, 0.5) is 5.69 Å². The number of carbonyl (C=O) groups is 2. The van der Waals surface area contributed by atoms with Crippen LogP contribution in [0.1, 0.15) is 11.1 Å². The molecule has 5 nitrogen and oxygen atoms in total. The third kappa shape index (κ3) is 5.29. The van der Waals surface area contributed by atoms with E-state index in [1.54, 1.807) is 48.5 Å². The quantitative estimate of drug-likeness (QED) is 0.200. The molecule has 0 atom stereocenters. The largest absolute Gasteiger partial charge is 0.488 e. The molecule has 0 bridgehead atoms. The van der Waals surface area contributed by atoms with E-state index in [2.05, 4.69) is 21.2 Å². The molecule has 3 aromatic carbocycles. The van der Waals surface area contributed by atoms with Crippen molar-refractivity contribution < 1.29 is 14.3 Å². The van der Waals surface area contributed by atoms with E-state index in [9.17, 15) is 9.59 Å². The topological polar surface area (TPSA) is 58.6 Å². The number of hydrogen-bond donors (Lipinski definition) is 1. The Morgan fingerprint density at radius 2 is 1.76 bits per heavy atom. The van der Waals surface area contributed by atoms with Crippen LogP contribution in [0.3, 0.4) is 0 Å². The minimum atomic E-state index is -0.637. The molecule has 10 heteroatoms. The van der Waals surface area contributed by atoms with E-state index in [-0.39, 0.29) is 33.0 Å². The van der Waals surface area contributed by atoms with Gasteiger partial charge in [-0.3, -0.25) is 19.8 Å². The molecule has 1 aliphatic heterocycles. The molecular formula is C24H14BrCl3N2O3S. The molecule has 4 rings (SSSR count). The molecule has 0 radical (unpaired) electrons. The van der Waals surface area contributed by atoms with Gasteiger partial charge in [0.25, 0.3) is 11.8 Å². The Kier molecular flexibility index (Phi) is 7.60. The van der Waals surface area contributed by atoms with Gasteiger partial charge in [-0.05, 0) is 66.3 Å². The number of halogens is 4. The van der Waals surface area contributed by atoms with Crippen LogP contribution in [-0.2, 0) is 16.2 Å². The van der Waals surface area contributed by atoms with Crippen LogP contribution in [0.25, 0.3) is 6.08 Å². The van der Waals surface area contributed by atoms with E-state index < -0.39 is 11.8 Å². The lowest BCUT2D eigenvalue weighted by molar-refractivity contribution is -0.122. The Labute approximate surface area is 224 Å². The summed E-state index contributed by atoms with van der Waals surface area (Å²) in [7, 11) is 0. The van der Waals surface area contributed by atoms with Gasteiger partial charge in [-0.25, -0.2) is 0 Å². The van der Waals surface area contributed by atoms with Gasteiger partial charge in [0.05, 0.1) is 15.7 Å². The molecule has 1 aliphatic rings. The first kappa shape index (κ1) is 24.7. The van der Waals surface area contributed by atoms with Crippen molar-refractivity contribution >= 4 is 91.6 Å². The average molecular weight is 597 g/mol. The normalized spacial score (nSPS) is 15.0. The van der Waals surface area contributed by atoms with Gasteiger partial charge >= 0.3 is 0 Å². The van der Waals surface area contributed by atoms with Crippen molar-refractivity contribution in [3.63, 3.8) is 0 Å². The predicted octanol–water partition coefficient (Wildman–Crippen LogP) is 6.82. The van der Waals surface area contributed by atoms with Crippen LogP contribution in [0, 0.1) is 0 Å². The SMILES string of the molecule is O=C1NC(=S)N(c2cccc(Cl)c2Cl)C(=O)/C1=C/c1cc(Br)ccc1OCc1ccc(Cl)cc1. The van der Waals surface area contributed by atoms with Crippen LogP contribution < -0.4 is 15.0 Å². The monoisotopic (exact) mass is 594 g/mol. The maximum atomic E-state index is 13.4.